The standard InChI is InChI=1S/C25H44N2OS/c1-2-3-4-5-6-7-8-9-10-11-12-13-14-15-18-26-23-21-24(29-22-23)25(28)27-19-16-17-20-27/h21-22,26H,2-20H2,1H3. The van der Waals surface area contributed by atoms with E-state index in [1.807, 2.05) is 11.0 Å². The number of anilines is 1. The molecule has 2 rings (SSSR count). The summed E-state index contributed by atoms with van der Waals surface area (Å²) >= 11 is 1.58. The second-order valence-electron chi connectivity index (χ2n) is 8.72. The molecule has 0 bridgehead atoms. The van der Waals surface area contributed by atoms with E-state index in [9.17, 15) is 4.79 Å². The third-order valence-electron chi connectivity index (χ3n) is 6.06. The van der Waals surface area contributed by atoms with Gasteiger partial charge < -0.3 is 10.2 Å². The summed E-state index contributed by atoms with van der Waals surface area (Å²) < 4.78 is 0. The van der Waals surface area contributed by atoms with Crippen molar-refractivity contribution in [1.29, 1.82) is 0 Å². The molecule has 0 radical (unpaired) electrons. The fourth-order valence-corrected chi connectivity index (χ4v) is 5.00. The normalized spacial score (nSPS) is 13.9. The summed E-state index contributed by atoms with van der Waals surface area (Å²) in [5.74, 6) is 0.219. The van der Waals surface area contributed by atoms with Crippen LogP contribution in [0.2, 0.25) is 0 Å². The molecule has 0 aliphatic carbocycles. The molecule has 4 heteroatoms. The molecule has 1 aliphatic heterocycles. The Morgan fingerprint density at radius 1 is 0.862 bits per heavy atom. The summed E-state index contributed by atoms with van der Waals surface area (Å²) in [7, 11) is 0. The van der Waals surface area contributed by atoms with E-state index in [0.29, 0.717) is 0 Å². The second-order valence-corrected chi connectivity index (χ2v) is 9.63. The Hall–Kier alpha value is -1.03. The lowest BCUT2D eigenvalue weighted by atomic mass is 10.0. The lowest BCUT2D eigenvalue weighted by molar-refractivity contribution is 0.0797. The van der Waals surface area contributed by atoms with Gasteiger partial charge in [0.25, 0.3) is 5.91 Å². The number of carbonyl (C=O) groups excluding carboxylic acids is 1. The minimum Gasteiger partial charge on any atom is -0.384 e. The summed E-state index contributed by atoms with van der Waals surface area (Å²) in [6, 6.07) is 2.04. The minimum atomic E-state index is 0.219. The highest BCUT2D eigenvalue weighted by atomic mass is 32.1. The van der Waals surface area contributed by atoms with Crippen LogP contribution >= 0.6 is 11.3 Å². The predicted octanol–water partition coefficient (Wildman–Crippen LogP) is 7.88. The van der Waals surface area contributed by atoms with Gasteiger partial charge in [0.1, 0.15) is 0 Å². The quantitative estimate of drug-likeness (QED) is 0.260. The van der Waals surface area contributed by atoms with Crippen molar-refractivity contribution in [1.82, 2.24) is 4.90 Å². The van der Waals surface area contributed by atoms with Gasteiger partial charge in [-0.05, 0) is 25.3 Å². The molecule has 1 N–H and O–H groups in total. The average Bonchev–Trinajstić information content (AvgIpc) is 3.43. The largest absolute Gasteiger partial charge is 0.384 e. The fraction of sp³-hybridized carbons (Fsp3) is 0.800. The highest BCUT2D eigenvalue weighted by molar-refractivity contribution is 7.12. The Kier molecular flexibility index (Phi) is 13.2. The summed E-state index contributed by atoms with van der Waals surface area (Å²) in [4.78, 5) is 15.3. The van der Waals surface area contributed by atoms with Crippen LogP contribution < -0.4 is 5.32 Å². The molecular weight excluding hydrogens is 376 g/mol. The molecule has 1 aromatic rings. The van der Waals surface area contributed by atoms with Gasteiger partial charge in [-0.15, -0.1) is 11.3 Å². The van der Waals surface area contributed by atoms with Crippen LogP contribution in [0.3, 0.4) is 0 Å². The Morgan fingerprint density at radius 3 is 1.93 bits per heavy atom. The molecule has 0 atom stereocenters. The Morgan fingerprint density at radius 2 is 1.38 bits per heavy atom. The Labute approximate surface area is 183 Å². The zero-order chi connectivity index (χ0) is 20.6. The third kappa shape index (κ3) is 10.5. The van der Waals surface area contributed by atoms with Crippen LogP contribution in [0.4, 0.5) is 5.69 Å². The second kappa shape index (κ2) is 15.8. The number of thiophene rings is 1. The van der Waals surface area contributed by atoms with E-state index < -0.39 is 0 Å². The van der Waals surface area contributed by atoms with Gasteiger partial charge in [-0.25, -0.2) is 0 Å². The third-order valence-corrected chi connectivity index (χ3v) is 6.98. The lowest BCUT2D eigenvalue weighted by Gasteiger charge is -2.13. The smallest absolute Gasteiger partial charge is 0.263 e. The maximum absolute atomic E-state index is 12.4. The van der Waals surface area contributed by atoms with E-state index in [1.54, 1.807) is 11.3 Å². The van der Waals surface area contributed by atoms with Crippen molar-refractivity contribution in [3.05, 3.63) is 16.3 Å². The Bertz CT molecular complexity index is 537. The van der Waals surface area contributed by atoms with Gasteiger partial charge >= 0.3 is 0 Å². The number of unbranched alkanes of at least 4 members (excludes halogenated alkanes) is 13. The van der Waals surface area contributed by atoms with Crippen LogP contribution in [-0.4, -0.2) is 30.4 Å². The zero-order valence-electron chi connectivity index (χ0n) is 18.9. The van der Waals surface area contributed by atoms with Crippen LogP contribution in [0.5, 0.6) is 0 Å². The van der Waals surface area contributed by atoms with E-state index >= 15 is 0 Å². The van der Waals surface area contributed by atoms with E-state index in [0.717, 1.165) is 43.0 Å². The van der Waals surface area contributed by atoms with Crippen LogP contribution in [-0.2, 0) is 0 Å². The van der Waals surface area contributed by atoms with Crippen molar-refractivity contribution in [3.63, 3.8) is 0 Å². The monoisotopic (exact) mass is 420 g/mol. The molecule has 3 nitrogen and oxygen atoms in total. The first-order valence-corrected chi connectivity index (χ1v) is 13.3. The number of nitrogens with one attached hydrogen (secondary N) is 1. The maximum atomic E-state index is 12.4. The van der Waals surface area contributed by atoms with Gasteiger partial charge in [-0.1, -0.05) is 90.4 Å². The van der Waals surface area contributed by atoms with Gasteiger partial charge in [0.05, 0.1) is 4.88 Å². The van der Waals surface area contributed by atoms with E-state index in [1.165, 1.54) is 89.9 Å². The number of hydrogen-bond acceptors (Lipinski definition) is 3. The fourth-order valence-electron chi connectivity index (χ4n) is 4.17. The predicted molar refractivity (Wildman–Crippen MR) is 128 cm³/mol. The SMILES string of the molecule is CCCCCCCCCCCCCCCCNc1csc(C(=O)N2CCCC2)c1. The molecule has 0 aromatic carbocycles. The van der Waals surface area contributed by atoms with Crippen molar-refractivity contribution < 1.29 is 4.79 Å². The molecule has 1 saturated heterocycles. The molecule has 166 valence electrons. The molecule has 1 aliphatic rings. The first-order chi connectivity index (χ1) is 14.3. The van der Waals surface area contributed by atoms with Gasteiger partial charge in [-0.2, -0.15) is 0 Å². The minimum absolute atomic E-state index is 0.219. The average molecular weight is 421 g/mol. The first-order valence-electron chi connectivity index (χ1n) is 12.4. The summed E-state index contributed by atoms with van der Waals surface area (Å²) in [6.07, 6.45) is 21.9. The van der Waals surface area contributed by atoms with Crippen molar-refractivity contribution in [2.45, 2.75) is 110 Å². The number of rotatable bonds is 17. The van der Waals surface area contributed by atoms with Gasteiger partial charge in [0.2, 0.25) is 0 Å². The van der Waals surface area contributed by atoms with Gasteiger partial charge in [0.15, 0.2) is 0 Å². The van der Waals surface area contributed by atoms with Gasteiger partial charge in [-0.3, -0.25) is 4.79 Å². The maximum Gasteiger partial charge on any atom is 0.263 e. The molecule has 0 spiro atoms. The van der Waals surface area contributed by atoms with E-state index in [4.69, 9.17) is 0 Å². The number of amides is 1. The van der Waals surface area contributed by atoms with Crippen LogP contribution in [0.15, 0.2) is 11.4 Å². The zero-order valence-corrected chi connectivity index (χ0v) is 19.7. The molecular formula is C25H44N2OS. The molecule has 29 heavy (non-hydrogen) atoms. The van der Waals surface area contributed by atoms with E-state index in [2.05, 4.69) is 17.6 Å². The summed E-state index contributed by atoms with van der Waals surface area (Å²) in [6.45, 7) is 5.16. The molecule has 1 amide bonds. The van der Waals surface area contributed by atoms with Gasteiger partial charge in [0, 0.05) is 30.7 Å². The topological polar surface area (TPSA) is 32.3 Å². The lowest BCUT2D eigenvalue weighted by Crippen LogP contribution is -2.26. The van der Waals surface area contributed by atoms with E-state index in [-0.39, 0.29) is 5.91 Å². The molecule has 1 fully saturated rings. The van der Waals surface area contributed by atoms with Crippen LogP contribution in [0, 0.1) is 0 Å². The van der Waals surface area contributed by atoms with Crippen molar-refractivity contribution >= 4 is 22.9 Å². The van der Waals surface area contributed by atoms with Crippen molar-refractivity contribution in [2.75, 3.05) is 25.0 Å². The van der Waals surface area contributed by atoms with Crippen molar-refractivity contribution in [3.8, 4) is 0 Å². The first kappa shape index (κ1) is 24.2. The molecule has 1 aromatic heterocycles. The highest BCUT2D eigenvalue weighted by Crippen LogP contribution is 2.23. The number of hydrogen-bond donors (Lipinski definition) is 1. The van der Waals surface area contributed by atoms with Crippen LogP contribution in [0.1, 0.15) is 119 Å². The summed E-state index contributed by atoms with van der Waals surface area (Å²) in [5.41, 5.74) is 1.12. The van der Waals surface area contributed by atoms with Crippen LogP contribution in [0.25, 0.3) is 0 Å². The number of likely N-dealkylation sites (tertiary alicyclic amines) is 1. The Balaban J connectivity index is 1.37. The number of nitrogens with zero attached hydrogens (tertiary/aromatic N) is 1. The number of carbonyl (C=O) groups is 1. The molecule has 0 unspecified atom stereocenters. The highest BCUT2D eigenvalue weighted by Gasteiger charge is 2.20. The summed E-state index contributed by atoms with van der Waals surface area (Å²) in [5, 5.41) is 5.58. The molecule has 2 heterocycles. The molecule has 0 saturated carbocycles. The van der Waals surface area contributed by atoms with Crippen molar-refractivity contribution in [2.24, 2.45) is 0 Å².